The van der Waals surface area contributed by atoms with Crippen LogP contribution in [0.25, 0.3) is 0 Å². The van der Waals surface area contributed by atoms with E-state index in [1.54, 1.807) is 4.90 Å². The van der Waals surface area contributed by atoms with Gasteiger partial charge in [0.15, 0.2) is 0 Å². The number of carbonyl (C=O) groups is 1. The van der Waals surface area contributed by atoms with Crippen LogP contribution in [0.3, 0.4) is 0 Å². The zero-order valence-electron chi connectivity index (χ0n) is 16.2. The standard InChI is InChI=1S/C21H33N3O2/c1-13-4-6-24(16(8-13)11-22)19(25)18(23)20-5-3-15-7-14(2)10-21(26,12-20)17(20)9-15/h13-18,26H,3-10,12,23H2,1-2H3/t13?,14?,15?,16-,17?,18+,20?,21+/m0/s1. The van der Waals surface area contributed by atoms with Gasteiger partial charge in [0.05, 0.1) is 17.7 Å². The Morgan fingerprint density at radius 1 is 1.27 bits per heavy atom. The van der Waals surface area contributed by atoms with E-state index in [1.165, 1.54) is 6.42 Å². The van der Waals surface area contributed by atoms with Gasteiger partial charge in [0.25, 0.3) is 0 Å². The first-order valence-corrected chi connectivity index (χ1v) is 10.5. The Morgan fingerprint density at radius 3 is 2.77 bits per heavy atom. The number of hydrogen-bond acceptors (Lipinski definition) is 4. The van der Waals surface area contributed by atoms with Crippen LogP contribution in [0.1, 0.15) is 65.2 Å². The van der Waals surface area contributed by atoms with Crippen LogP contribution < -0.4 is 5.73 Å². The van der Waals surface area contributed by atoms with E-state index in [4.69, 9.17) is 5.73 Å². The van der Waals surface area contributed by atoms with Crippen LogP contribution in [-0.2, 0) is 4.79 Å². The summed E-state index contributed by atoms with van der Waals surface area (Å²) in [6.45, 7) is 5.03. The summed E-state index contributed by atoms with van der Waals surface area (Å²) in [5.74, 6) is 1.79. The van der Waals surface area contributed by atoms with Gasteiger partial charge in [-0.3, -0.25) is 4.79 Å². The minimum Gasteiger partial charge on any atom is -0.390 e. The molecule has 0 radical (unpaired) electrons. The van der Waals surface area contributed by atoms with E-state index in [-0.39, 0.29) is 23.3 Å². The third-order valence-corrected chi connectivity index (χ3v) is 8.18. The molecule has 3 saturated carbocycles. The van der Waals surface area contributed by atoms with Gasteiger partial charge in [-0.15, -0.1) is 0 Å². The Balaban J connectivity index is 1.56. The summed E-state index contributed by atoms with van der Waals surface area (Å²) in [6, 6.07) is 1.39. The van der Waals surface area contributed by atoms with Crippen molar-refractivity contribution in [3.63, 3.8) is 0 Å². The summed E-state index contributed by atoms with van der Waals surface area (Å²) in [5.41, 5.74) is 5.73. The van der Waals surface area contributed by atoms with Crippen LogP contribution in [0.4, 0.5) is 0 Å². The van der Waals surface area contributed by atoms with Crippen LogP contribution in [0.15, 0.2) is 0 Å². The van der Waals surface area contributed by atoms with Gasteiger partial charge in [-0.1, -0.05) is 13.8 Å². The van der Waals surface area contributed by atoms with E-state index in [0.717, 1.165) is 38.5 Å². The van der Waals surface area contributed by atoms with Crippen LogP contribution in [0, 0.1) is 40.4 Å². The van der Waals surface area contributed by atoms with Crippen molar-refractivity contribution in [2.45, 2.75) is 82.9 Å². The van der Waals surface area contributed by atoms with Crippen molar-refractivity contribution in [3.05, 3.63) is 0 Å². The van der Waals surface area contributed by atoms with Crippen LogP contribution in [0.5, 0.6) is 0 Å². The zero-order valence-corrected chi connectivity index (χ0v) is 16.2. The van der Waals surface area contributed by atoms with Crippen molar-refractivity contribution < 1.29 is 9.90 Å². The SMILES string of the molecule is CC1CCN(C(=O)[C@@H](N)C23CCC4CC(C)C[C@@](O)(C2)C3C4)[C@H](C#N)C1. The number of nitriles is 1. The lowest BCUT2D eigenvalue weighted by Gasteiger charge is -2.65. The number of fused-ring (bicyclic) bond motifs is 1. The number of carbonyl (C=O) groups excluding carboxylic acids is 1. The Labute approximate surface area is 156 Å². The third-order valence-electron chi connectivity index (χ3n) is 8.18. The molecule has 1 saturated heterocycles. The monoisotopic (exact) mass is 359 g/mol. The molecule has 4 aliphatic rings. The first-order chi connectivity index (χ1) is 12.3. The van der Waals surface area contributed by atoms with Crippen molar-refractivity contribution in [2.75, 3.05) is 6.54 Å². The molecule has 0 aromatic heterocycles. The molecule has 0 spiro atoms. The first-order valence-electron chi connectivity index (χ1n) is 10.5. The van der Waals surface area contributed by atoms with E-state index in [9.17, 15) is 15.2 Å². The largest absolute Gasteiger partial charge is 0.390 e. The first kappa shape index (κ1) is 18.3. The van der Waals surface area contributed by atoms with Crippen LogP contribution in [0.2, 0.25) is 0 Å². The molecular weight excluding hydrogens is 326 g/mol. The van der Waals surface area contributed by atoms with Crippen LogP contribution >= 0.6 is 0 Å². The maximum absolute atomic E-state index is 13.3. The average molecular weight is 360 g/mol. The maximum Gasteiger partial charge on any atom is 0.241 e. The molecule has 26 heavy (non-hydrogen) atoms. The number of nitrogens with two attached hydrogens (primary N) is 1. The van der Waals surface area contributed by atoms with Gasteiger partial charge >= 0.3 is 0 Å². The molecule has 3 aliphatic carbocycles. The van der Waals surface area contributed by atoms with Gasteiger partial charge in [-0.05, 0) is 75.0 Å². The molecule has 4 fully saturated rings. The molecule has 5 heteroatoms. The minimum absolute atomic E-state index is 0.0544. The average Bonchev–Trinajstić information content (AvgIpc) is 2.64. The van der Waals surface area contributed by atoms with Crippen LogP contribution in [-0.4, -0.2) is 40.1 Å². The summed E-state index contributed by atoms with van der Waals surface area (Å²) in [6.07, 6.45) is 7.47. The Morgan fingerprint density at radius 2 is 2.04 bits per heavy atom. The molecule has 3 N–H and O–H groups in total. The zero-order chi connectivity index (χ0) is 18.7. The second kappa shape index (κ2) is 6.21. The van der Waals surface area contributed by atoms with E-state index < -0.39 is 11.6 Å². The molecule has 4 rings (SSSR count). The van der Waals surface area contributed by atoms with Crippen molar-refractivity contribution in [1.82, 2.24) is 4.90 Å². The van der Waals surface area contributed by atoms with E-state index in [0.29, 0.717) is 30.7 Å². The lowest BCUT2D eigenvalue weighted by molar-refractivity contribution is -0.227. The van der Waals surface area contributed by atoms with Gasteiger partial charge in [0.2, 0.25) is 5.91 Å². The minimum atomic E-state index is -0.627. The van der Waals surface area contributed by atoms with Crippen molar-refractivity contribution in [3.8, 4) is 6.07 Å². The van der Waals surface area contributed by atoms with Gasteiger partial charge < -0.3 is 15.7 Å². The summed E-state index contributed by atoms with van der Waals surface area (Å²) in [4.78, 5) is 15.0. The molecular formula is C21H33N3O2. The number of piperidine rings is 1. The molecule has 144 valence electrons. The third kappa shape index (κ3) is 2.60. The predicted molar refractivity (Wildman–Crippen MR) is 98.7 cm³/mol. The molecule has 0 aromatic carbocycles. The summed E-state index contributed by atoms with van der Waals surface area (Å²) < 4.78 is 0. The van der Waals surface area contributed by atoms with E-state index in [1.807, 2.05) is 0 Å². The number of aliphatic hydroxyl groups is 1. The predicted octanol–water partition coefficient (Wildman–Crippen LogP) is 2.43. The quantitative estimate of drug-likeness (QED) is 0.792. The fourth-order valence-electron chi connectivity index (χ4n) is 6.98. The lowest BCUT2D eigenvalue weighted by Crippen LogP contribution is -2.72. The normalized spacial score (nSPS) is 48.7. The van der Waals surface area contributed by atoms with Crippen molar-refractivity contribution >= 4 is 5.91 Å². The van der Waals surface area contributed by atoms with Gasteiger partial charge in [-0.25, -0.2) is 0 Å². The topological polar surface area (TPSA) is 90.3 Å². The molecule has 1 heterocycles. The highest BCUT2D eigenvalue weighted by Crippen LogP contribution is 2.67. The smallest absolute Gasteiger partial charge is 0.241 e. The molecule has 5 unspecified atom stereocenters. The number of hydrogen-bond donors (Lipinski definition) is 2. The molecule has 2 bridgehead atoms. The summed E-state index contributed by atoms with van der Waals surface area (Å²) in [5, 5.41) is 20.7. The molecule has 5 nitrogen and oxygen atoms in total. The summed E-state index contributed by atoms with van der Waals surface area (Å²) in [7, 11) is 0. The highest BCUT2D eigenvalue weighted by molar-refractivity contribution is 5.83. The molecule has 8 atom stereocenters. The van der Waals surface area contributed by atoms with Gasteiger partial charge in [0, 0.05) is 12.0 Å². The maximum atomic E-state index is 13.3. The van der Waals surface area contributed by atoms with E-state index >= 15 is 0 Å². The van der Waals surface area contributed by atoms with E-state index in [2.05, 4.69) is 19.9 Å². The second-order valence-electron chi connectivity index (χ2n) is 10.0. The summed E-state index contributed by atoms with van der Waals surface area (Å²) >= 11 is 0. The number of amides is 1. The molecule has 1 amide bonds. The van der Waals surface area contributed by atoms with Gasteiger partial charge in [0.1, 0.15) is 6.04 Å². The van der Waals surface area contributed by atoms with Crippen molar-refractivity contribution in [2.24, 2.45) is 34.8 Å². The van der Waals surface area contributed by atoms with Gasteiger partial charge in [-0.2, -0.15) is 5.26 Å². The lowest BCUT2D eigenvalue weighted by atomic mass is 9.42. The fourth-order valence-corrected chi connectivity index (χ4v) is 6.98. The number of rotatable bonds is 2. The second-order valence-corrected chi connectivity index (χ2v) is 10.0. The highest BCUT2D eigenvalue weighted by Gasteiger charge is 2.68. The number of likely N-dealkylation sites (tertiary alicyclic amines) is 1. The Bertz CT molecular complexity index is 631. The Hall–Kier alpha value is -1.12. The number of nitrogens with zero attached hydrogens (tertiary/aromatic N) is 2. The Kier molecular flexibility index (Phi) is 4.36. The highest BCUT2D eigenvalue weighted by atomic mass is 16.3. The fraction of sp³-hybridized carbons (Fsp3) is 0.905. The van der Waals surface area contributed by atoms with Crippen molar-refractivity contribution in [1.29, 1.82) is 5.26 Å². The molecule has 0 aromatic rings. The molecule has 1 aliphatic heterocycles.